The summed E-state index contributed by atoms with van der Waals surface area (Å²) in [5, 5.41) is 10.6. The molecule has 0 spiro atoms. The average molecular weight is 275 g/mol. The fourth-order valence-electron chi connectivity index (χ4n) is 2.93. The van der Waals surface area contributed by atoms with Crippen LogP contribution in [-0.2, 0) is 11.3 Å². The Hall–Kier alpha value is -1.35. The first-order valence-electron chi connectivity index (χ1n) is 7.55. The number of hydrogen-bond acceptors (Lipinski definition) is 2. The van der Waals surface area contributed by atoms with E-state index in [0.29, 0.717) is 13.1 Å². The van der Waals surface area contributed by atoms with Crippen molar-refractivity contribution in [2.45, 2.75) is 51.7 Å². The van der Waals surface area contributed by atoms with Gasteiger partial charge in [-0.1, -0.05) is 57.0 Å². The third kappa shape index (κ3) is 3.83. The second-order valence-corrected chi connectivity index (χ2v) is 6.27. The topological polar surface area (TPSA) is 40.5 Å². The Bertz CT molecular complexity index is 436. The van der Waals surface area contributed by atoms with Gasteiger partial charge in [-0.25, -0.2) is 0 Å². The van der Waals surface area contributed by atoms with Crippen molar-refractivity contribution in [2.75, 3.05) is 6.54 Å². The molecule has 0 atom stereocenters. The molecule has 1 aromatic rings. The minimum Gasteiger partial charge on any atom is -0.388 e. The quantitative estimate of drug-likeness (QED) is 0.897. The summed E-state index contributed by atoms with van der Waals surface area (Å²) in [5.74, 6) is 0.0814. The highest BCUT2D eigenvalue weighted by atomic mass is 16.3. The maximum atomic E-state index is 12.4. The van der Waals surface area contributed by atoms with Crippen molar-refractivity contribution in [3.63, 3.8) is 0 Å². The van der Waals surface area contributed by atoms with E-state index in [1.165, 1.54) is 0 Å². The van der Waals surface area contributed by atoms with Crippen molar-refractivity contribution in [3.8, 4) is 0 Å². The van der Waals surface area contributed by atoms with Gasteiger partial charge in [0.1, 0.15) is 0 Å². The molecule has 0 aliphatic heterocycles. The normalized spacial score (nSPS) is 17.4. The lowest BCUT2D eigenvalue weighted by Crippen LogP contribution is -2.45. The van der Waals surface area contributed by atoms with E-state index in [2.05, 4.69) is 0 Å². The van der Waals surface area contributed by atoms with Gasteiger partial charge in [-0.15, -0.1) is 0 Å². The minimum absolute atomic E-state index is 0.0382. The molecular formula is C17H25NO2. The molecule has 0 saturated heterocycles. The Balaban J connectivity index is 2.10. The lowest BCUT2D eigenvalue weighted by molar-refractivity contribution is -0.138. The van der Waals surface area contributed by atoms with Gasteiger partial charge < -0.3 is 10.0 Å². The molecule has 1 aliphatic rings. The van der Waals surface area contributed by atoms with E-state index in [1.54, 1.807) is 0 Å². The van der Waals surface area contributed by atoms with E-state index in [-0.39, 0.29) is 11.8 Å². The van der Waals surface area contributed by atoms with Gasteiger partial charge in [0.25, 0.3) is 0 Å². The second-order valence-electron chi connectivity index (χ2n) is 6.27. The van der Waals surface area contributed by atoms with Gasteiger partial charge in [0.05, 0.1) is 5.60 Å². The van der Waals surface area contributed by atoms with Gasteiger partial charge in [0.2, 0.25) is 5.91 Å². The summed E-state index contributed by atoms with van der Waals surface area (Å²) in [6.07, 6.45) is 3.74. The van der Waals surface area contributed by atoms with Crippen molar-refractivity contribution in [2.24, 2.45) is 5.92 Å². The number of carbonyl (C=O) groups excluding carboxylic acids is 1. The number of hydrogen-bond donors (Lipinski definition) is 1. The lowest BCUT2D eigenvalue weighted by Gasteiger charge is -2.32. The first-order valence-corrected chi connectivity index (χ1v) is 7.55. The van der Waals surface area contributed by atoms with Crippen molar-refractivity contribution < 1.29 is 9.90 Å². The van der Waals surface area contributed by atoms with Gasteiger partial charge in [-0.2, -0.15) is 0 Å². The average Bonchev–Trinajstić information content (AvgIpc) is 2.85. The van der Waals surface area contributed by atoms with Crippen LogP contribution in [0.5, 0.6) is 0 Å². The highest BCUT2D eigenvalue weighted by Gasteiger charge is 2.34. The molecule has 1 aromatic carbocycles. The molecule has 0 aromatic heterocycles. The maximum absolute atomic E-state index is 12.4. The molecule has 20 heavy (non-hydrogen) atoms. The molecule has 110 valence electrons. The fourth-order valence-corrected chi connectivity index (χ4v) is 2.93. The molecule has 0 unspecified atom stereocenters. The zero-order valence-corrected chi connectivity index (χ0v) is 12.5. The maximum Gasteiger partial charge on any atom is 0.225 e. The number of aliphatic hydroxyl groups is 1. The summed E-state index contributed by atoms with van der Waals surface area (Å²) < 4.78 is 0. The van der Waals surface area contributed by atoms with Crippen LogP contribution in [0.3, 0.4) is 0 Å². The molecule has 1 fully saturated rings. The van der Waals surface area contributed by atoms with Crippen molar-refractivity contribution in [3.05, 3.63) is 35.9 Å². The fraction of sp³-hybridized carbons (Fsp3) is 0.588. The van der Waals surface area contributed by atoms with E-state index >= 15 is 0 Å². The van der Waals surface area contributed by atoms with Crippen LogP contribution in [0.4, 0.5) is 0 Å². The summed E-state index contributed by atoms with van der Waals surface area (Å²) in [4.78, 5) is 14.2. The Labute approximate surface area is 121 Å². The van der Waals surface area contributed by atoms with E-state index in [0.717, 1.165) is 31.2 Å². The number of nitrogens with zero attached hydrogens (tertiary/aromatic N) is 1. The molecule has 0 heterocycles. The second kappa shape index (κ2) is 6.40. The monoisotopic (exact) mass is 275 g/mol. The Kier molecular flexibility index (Phi) is 4.81. The number of carbonyl (C=O) groups is 1. The zero-order valence-electron chi connectivity index (χ0n) is 12.5. The molecular weight excluding hydrogens is 250 g/mol. The summed E-state index contributed by atoms with van der Waals surface area (Å²) in [6.45, 7) is 4.87. The predicted molar refractivity (Wildman–Crippen MR) is 80.1 cm³/mol. The van der Waals surface area contributed by atoms with Gasteiger partial charge in [-0.05, 0) is 18.4 Å². The van der Waals surface area contributed by atoms with E-state index in [4.69, 9.17) is 0 Å². The van der Waals surface area contributed by atoms with Crippen molar-refractivity contribution in [1.82, 2.24) is 4.90 Å². The van der Waals surface area contributed by atoms with Gasteiger partial charge in [0.15, 0.2) is 0 Å². The molecule has 1 saturated carbocycles. The first-order chi connectivity index (χ1) is 9.50. The third-order valence-electron chi connectivity index (χ3n) is 4.04. The molecule has 0 bridgehead atoms. The van der Waals surface area contributed by atoms with Crippen LogP contribution >= 0.6 is 0 Å². The summed E-state index contributed by atoms with van der Waals surface area (Å²) in [5.41, 5.74) is 0.433. The van der Waals surface area contributed by atoms with Crippen molar-refractivity contribution >= 4 is 5.91 Å². The minimum atomic E-state index is -0.681. The first kappa shape index (κ1) is 15.0. The molecule has 2 rings (SSSR count). The van der Waals surface area contributed by atoms with Crippen LogP contribution < -0.4 is 0 Å². The van der Waals surface area contributed by atoms with Crippen LogP contribution in [0, 0.1) is 5.92 Å². The summed E-state index contributed by atoms with van der Waals surface area (Å²) >= 11 is 0. The highest BCUT2D eigenvalue weighted by Crippen LogP contribution is 2.31. The molecule has 1 amide bonds. The van der Waals surface area contributed by atoms with Crippen LogP contribution in [0.15, 0.2) is 30.3 Å². The van der Waals surface area contributed by atoms with Crippen LogP contribution in [0.1, 0.15) is 45.1 Å². The summed E-state index contributed by atoms with van der Waals surface area (Å²) in [7, 11) is 0. The highest BCUT2D eigenvalue weighted by molar-refractivity contribution is 5.78. The predicted octanol–water partition coefficient (Wildman–Crippen LogP) is 2.98. The van der Waals surface area contributed by atoms with Gasteiger partial charge in [-0.3, -0.25) is 4.79 Å². The number of benzene rings is 1. The molecule has 1 N–H and O–H groups in total. The molecule has 3 heteroatoms. The SMILES string of the molecule is CC(C)C(=O)N(Cc1ccccc1)CC1(O)CCCC1. The molecule has 1 aliphatic carbocycles. The Morgan fingerprint density at radius 2 is 1.85 bits per heavy atom. The van der Waals surface area contributed by atoms with E-state index < -0.39 is 5.60 Å². The summed E-state index contributed by atoms with van der Waals surface area (Å²) in [6, 6.07) is 10.00. The molecule has 0 radical (unpaired) electrons. The van der Waals surface area contributed by atoms with Crippen molar-refractivity contribution in [1.29, 1.82) is 0 Å². The molecule has 3 nitrogen and oxygen atoms in total. The zero-order chi connectivity index (χ0) is 14.6. The van der Waals surface area contributed by atoms with Crippen LogP contribution in [0.25, 0.3) is 0 Å². The Morgan fingerprint density at radius 3 is 2.40 bits per heavy atom. The van der Waals surface area contributed by atoms with E-state index in [9.17, 15) is 9.90 Å². The number of amides is 1. The third-order valence-corrected chi connectivity index (χ3v) is 4.04. The smallest absolute Gasteiger partial charge is 0.225 e. The van der Waals surface area contributed by atoms with Gasteiger partial charge in [0, 0.05) is 19.0 Å². The number of rotatable bonds is 5. The van der Waals surface area contributed by atoms with E-state index in [1.807, 2.05) is 49.1 Å². The lowest BCUT2D eigenvalue weighted by atomic mass is 10.0. The van der Waals surface area contributed by atoms with Crippen LogP contribution in [0.2, 0.25) is 0 Å². The van der Waals surface area contributed by atoms with Gasteiger partial charge >= 0.3 is 0 Å². The largest absolute Gasteiger partial charge is 0.388 e. The Morgan fingerprint density at radius 1 is 1.25 bits per heavy atom. The standard InChI is InChI=1S/C17H25NO2/c1-14(2)16(19)18(12-15-8-4-3-5-9-15)13-17(20)10-6-7-11-17/h3-5,8-9,14,20H,6-7,10-13H2,1-2H3. The van der Waals surface area contributed by atoms with Crippen LogP contribution in [-0.4, -0.2) is 28.1 Å².